The third kappa shape index (κ3) is 2.76. The van der Waals surface area contributed by atoms with E-state index in [1.165, 1.54) is 6.92 Å². The first-order chi connectivity index (χ1) is 6.15. The van der Waals surface area contributed by atoms with Gasteiger partial charge in [0.25, 0.3) is 0 Å². The van der Waals surface area contributed by atoms with E-state index in [0.717, 1.165) is 10.9 Å². The molecule has 0 nitrogen and oxygen atoms in total. The van der Waals surface area contributed by atoms with Crippen LogP contribution < -0.4 is 0 Å². The van der Waals surface area contributed by atoms with Gasteiger partial charge in [0.2, 0.25) is 6.43 Å². The molecule has 0 fully saturated rings. The van der Waals surface area contributed by atoms with Gasteiger partial charge in [-0.25, -0.2) is 8.78 Å². The summed E-state index contributed by atoms with van der Waals surface area (Å²) in [7, 11) is 0. The second-order valence-corrected chi connectivity index (χ2v) is 3.56. The Hall–Kier alpha value is -0.440. The van der Waals surface area contributed by atoms with Crippen LogP contribution in [0.2, 0.25) is 0 Å². The van der Waals surface area contributed by atoms with E-state index >= 15 is 0 Å². The number of hydrogen-bond acceptors (Lipinski definition) is 0. The van der Waals surface area contributed by atoms with Crippen LogP contribution in [0.25, 0.3) is 0 Å². The highest BCUT2D eigenvalue weighted by Crippen LogP contribution is 2.22. The third-order valence-corrected chi connectivity index (χ3v) is 2.69. The minimum Gasteiger partial charge on any atom is -0.210 e. The largest absolute Gasteiger partial charge is 0.245 e. The summed E-state index contributed by atoms with van der Waals surface area (Å²) in [4.78, 5) is 0. The molecule has 1 aromatic rings. The second-order valence-electron chi connectivity index (χ2n) is 3.00. The van der Waals surface area contributed by atoms with Crippen molar-refractivity contribution in [1.82, 2.24) is 0 Å². The third-order valence-electron chi connectivity index (χ3n) is 2.04. The standard InChI is InChI=1S/C10H11BrF2/c1-7(10(12)13)9-4-2-8(6-11)3-5-9/h2-5,7,10H,6H2,1H3. The zero-order chi connectivity index (χ0) is 9.84. The molecule has 0 bridgehead atoms. The van der Waals surface area contributed by atoms with Gasteiger partial charge in [-0.3, -0.25) is 0 Å². The summed E-state index contributed by atoms with van der Waals surface area (Å²) in [6, 6.07) is 7.24. The summed E-state index contributed by atoms with van der Waals surface area (Å²) in [5, 5.41) is 0.760. The van der Waals surface area contributed by atoms with Crippen LogP contribution in [-0.4, -0.2) is 6.43 Å². The van der Waals surface area contributed by atoms with Gasteiger partial charge in [-0.1, -0.05) is 47.1 Å². The van der Waals surface area contributed by atoms with E-state index in [1.807, 2.05) is 12.1 Å². The maximum absolute atomic E-state index is 12.3. The van der Waals surface area contributed by atoms with Crippen LogP contribution in [0.1, 0.15) is 24.0 Å². The van der Waals surface area contributed by atoms with Crippen molar-refractivity contribution in [3.63, 3.8) is 0 Å². The van der Waals surface area contributed by atoms with E-state index in [1.54, 1.807) is 12.1 Å². The Morgan fingerprint density at radius 2 is 1.77 bits per heavy atom. The average molecular weight is 249 g/mol. The summed E-state index contributed by atoms with van der Waals surface area (Å²) < 4.78 is 24.6. The SMILES string of the molecule is CC(c1ccc(CBr)cc1)C(F)F. The van der Waals surface area contributed by atoms with E-state index in [9.17, 15) is 8.78 Å². The number of alkyl halides is 3. The van der Waals surface area contributed by atoms with Crippen molar-refractivity contribution < 1.29 is 8.78 Å². The number of benzene rings is 1. The van der Waals surface area contributed by atoms with Gasteiger partial charge in [-0.05, 0) is 11.1 Å². The molecule has 1 unspecified atom stereocenters. The Balaban J connectivity index is 2.79. The van der Waals surface area contributed by atoms with Crippen molar-refractivity contribution in [2.75, 3.05) is 0 Å². The molecule has 0 aliphatic carbocycles. The molecule has 0 N–H and O–H groups in total. The van der Waals surface area contributed by atoms with Crippen LogP contribution in [0.4, 0.5) is 8.78 Å². The molecule has 0 saturated carbocycles. The lowest BCUT2D eigenvalue weighted by Gasteiger charge is -2.10. The molecule has 0 spiro atoms. The fraction of sp³-hybridized carbons (Fsp3) is 0.400. The van der Waals surface area contributed by atoms with Crippen molar-refractivity contribution in [2.24, 2.45) is 0 Å². The summed E-state index contributed by atoms with van der Waals surface area (Å²) >= 11 is 3.30. The normalized spacial score (nSPS) is 13.3. The molecule has 13 heavy (non-hydrogen) atoms. The smallest absolute Gasteiger partial charge is 0.210 e. The van der Waals surface area contributed by atoms with E-state index < -0.39 is 12.3 Å². The van der Waals surface area contributed by atoms with Gasteiger partial charge in [0.05, 0.1) is 0 Å². The lowest BCUT2D eigenvalue weighted by molar-refractivity contribution is 0.121. The molecule has 1 rings (SSSR count). The van der Waals surface area contributed by atoms with Crippen LogP contribution in [-0.2, 0) is 5.33 Å². The minimum absolute atomic E-state index is 0.677. The molecule has 3 heteroatoms. The van der Waals surface area contributed by atoms with Crippen LogP contribution >= 0.6 is 15.9 Å². The molecule has 1 atom stereocenters. The first-order valence-corrected chi connectivity index (χ1v) is 5.20. The highest BCUT2D eigenvalue weighted by Gasteiger charge is 2.16. The van der Waals surface area contributed by atoms with Crippen molar-refractivity contribution in [2.45, 2.75) is 24.6 Å². The molecule has 0 aliphatic heterocycles. The van der Waals surface area contributed by atoms with Gasteiger partial charge in [-0.2, -0.15) is 0 Å². The van der Waals surface area contributed by atoms with E-state index in [2.05, 4.69) is 15.9 Å². The fourth-order valence-corrected chi connectivity index (χ4v) is 1.43. The zero-order valence-corrected chi connectivity index (χ0v) is 8.89. The van der Waals surface area contributed by atoms with Crippen molar-refractivity contribution >= 4 is 15.9 Å². The summed E-state index contributed by atoms with van der Waals surface area (Å²) in [6.45, 7) is 1.54. The Kier molecular flexibility index (Phi) is 3.85. The number of halogens is 3. The highest BCUT2D eigenvalue weighted by molar-refractivity contribution is 9.08. The lowest BCUT2D eigenvalue weighted by Crippen LogP contribution is -2.04. The molecule has 0 radical (unpaired) electrons. The fourth-order valence-electron chi connectivity index (χ4n) is 1.06. The molecule has 0 saturated heterocycles. The van der Waals surface area contributed by atoms with Gasteiger partial charge < -0.3 is 0 Å². The predicted molar refractivity (Wildman–Crippen MR) is 53.5 cm³/mol. The minimum atomic E-state index is -2.28. The topological polar surface area (TPSA) is 0 Å². The van der Waals surface area contributed by atoms with Gasteiger partial charge in [0.1, 0.15) is 0 Å². The van der Waals surface area contributed by atoms with E-state index in [4.69, 9.17) is 0 Å². The molecule has 0 aliphatic rings. The molecular formula is C10H11BrF2. The average Bonchev–Trinajstić information content (AvgIpc) is 2.17. The van der Waals surface area contributed by atoms with Gasteiger partial charge in [0, 0.05) is 11.2 Å². The molecule has 0 amide bonds. The predicted octanol–water partition coefficient (Wildman–Crippen LogP) is 3.95. The molecule has 0 heterocycles. The van der Waals surface area contributed by atoms with Crippen LogP contribution in [0.5, 0.6) is 0 Å². The van der Waals surface area contributed by atoms with Crippen molar-refractivity contribution in [3.8, 4) is 0 Å². The first kappa shape index (κ1) is 10.6. The Labute approximate surface area is 85.1 Å². The zero-order valence-electron chi connectivity index (χ0n) is 7.31. The van der Waals surface area contributed by atoms with Crippen LogP contribution in [0.15, 0.2) is 24.3 Å². The quantitative estimate of drug-likeness (QED) is 0.711. The van der Waals surface area contributed by atoms with Gasteiger partial charge in [-0.15, -0.1) is 0 Å². The summed E-state index contributed by atoms with van der Waals surface area (Å²) in [5.41, 5.74) is 1.80. The van der Waals surface area contributed by atoms with E-state index in [-0.39, 0.29) is 0 Å². The Morgan fingerprint density at radius 1 is 1.23 bits per heavy atom. The number of hydrogen-bond donors (Lipinski definition) is 0. The highest BCUT2D eigenvalue weighted by atomic mass is 79.9. The van der Waals surface area contributed by atoms with Gasteiger partial charge >= 0.3 is 0 Å². The van der Waals surface area contributed by atoms with E-state index in [0.29, 0.717) is 5.56 Å². The summed E-state index contributed by atoms with van der Waals surface area (Å²) in [6.07, 6.45) is -2.28. The van der Waals surface area contributed by atoms with Crippen molar-refractivity contribution in [3.05, 3.63) is 35.4 Å². The van der Waals surface area contributed by atoms with Crippen LogP contribution in [0.3, 0.4) is 0 Å². The molecule has 1 aromatic carbocycles. The lowest BCUT2D eigenvalue weighted by atomic mass is 10.0. The monoisotopic (exact) mass is 248 g/mol. The maximum Gasteiger partial charge on any atom is 0.245 e. The summed E-state index contributed by atoms with van der Waals surface area (Å²) in [5.74, 6) is -0.677. The first-order valence-electron chi connectivity index (χ1n) is 4.08. The number of rotatable bonds is 3. The maximum atomic E-state index is 12.3. The molecule has 0 aromatic heterocycles. The van der Waals surface area contributed by atoms with Crippen molar-refractivity contribution in [1.29, 1.82) is 0 Å². The van der Waals surface area contributed by atoms with Crippen LogP contribution in [0, 0.1) is 0 Å². The molecular weight excluding hydrogens is 238 g/mol. The second kappa shape index (κ2) is 4.70. The Bertz CT molecular complexity index is 256. The van der Waals surface area contributed by atoms with Gasteiger partial charge in [0.15, 0.2) is 0 Å². The Morgan fingerprint density at radius 3 is 2.15 bits per heavy atom. The molecule has 72 valence electrons.